The van der Waals surface area contributed by atoms with E-state index in [0.29, 0.717) is 12.8 Å². The van der Waals surface area contributed by atoms with Crippen LogP contribution in [0, 0.1) is 0 Å². The van der Waals surface area contributed by atoms with Crippen LogP contribution in [0.5, 0.6) is 0 Å². The number of thioether (sulfide) groups is 1. The zero-order chi connectivity index (χ0) is 12.7. The van der Waals surface area contributed by atoms with E-state index >= 15 is 0 Å². The highest BCUT2D eigenvalue weighted by Crippen LogP contribution is 2.22. The number of amides is 1. The maximum Gasteiger partial charge on any atom is 0.303 e. The highest BCUT2D eigenvalue weighted by atomic mass is 32.2. The zero-order valence-corrected chi connectivity index (χ0v) is 11.2. The van der Waals surface area contributed by atoms with Gasteiger partial charge in [0.1, 0.15) is 0 Å². The van der Waals surface area contributed by atoms with E-state index in [2.05, 4.69) is 0 Å². The monoisotopic (exact) mass is 259 g/mol. The summed E-state index contributed by atoms with van der Waals surface area (Å²) in [6.45, 7) is 0.803. The van der Waals surface area contributed by atoms with E-state index < -0.39 is 5.97 Å². The number of carboxylic acid groups (broad SMARTS) is 1. The fraction of sp³-hybridized carbons (Fsp3) is 0.833. The van der Waals surface area contributed by atoms with Crippen molar-refractivity contribution in [1.29, 1.82) is 0 Å². The highest BCUT2D eigenvalue weighted by Gasteiger charge is 2.26. The van der Waals surface area contributed by atoms with E-state index in [-0.39, 0.29) is 18.4 Å². The summed E-state index contributed by atoms with van der Waals surface area (Å²) in [5, 5.41) is 8.70. The largest absolute Gasteiger partial charge is 0.481 e. The Hall–Kier alpha value is -0.710. The fourth-order valence-electron chi connectivity index (χ4n) is 2.25. The van der Waals surface area contributed by atoms with Crippen molar-refractivity contribution in [2.75, 3.05) is 18.6 Å². The Bertz CT molecular complexity index is 270. The summed E-state index contributed by atoms with van der Waals surface area (Å²) in [7, 11) is 0. The Morgan fingerprint density at radius 1 is 1.35 bits per heavy atom. The summed E-state index contributed by atoms with van der Waals surface area (Å²) in [6, 6.07) is 0.147. The second kappa shape index (κ2) is 7.58. The molecule has 0 aromatic rings. The molecule has 98 valence electrons. The van der Waals surface area contributed by atoms with Crippen LogP contribution in [0.2, 0.25) is 0 Å². The van der Waals surface area contributed by atoms with Crippen molar-refractivity contribution in [1.82, 2.24) is 4.90 Å². The molecule has 0 radical (unpaired) electrons. The Kier molecular flexibility index (Phi) is 6.40. The normalized spacial score (nSPS) is 20.3. The number of aliphatic carboxylic acids is 1. The van der Waals surface area contributed by atoms with Gasteiger partial charge >= 0.3 is 5.97 Å². The van der Waals surface area contributed by atoms with Gasteiger partial charge in [0.05, 0.1) is 0 Å². The lowest BCUT2D eigenvalue weighted by atomic mass is 9.97. The smallest absolute Gasteiger partial charge is 0.303 e. The number of piperidine rings is 1. The lowest BCUT2D eigenvalue weighted by Crippen LogP contribution is -2.44. The first-order chi connectivity index (χ1) is 8.15. The molecule has 1 fully saturated rings. The molecule has 4 nitrogen and oxygen atoms in total. The van der Waals surface area contributed by atoms with Crippen LogP contribution >= 0.6 is 11.8 Å². The maximum atomic E-state index is 12.0. The first-order valence-corrected chi connectivity index (χ1v) is 7.54. The molecule has 1 aliphatic rings. The van der Waals surface area contributed by atoms with Crippen molar-refractivity contribution in [2.45, 2.75) is 44.6 Å². The van der Waals surface area contributed by atoms with Crippen LogP contribution < -0.4 is 0 Å². The molecule has 1 amide bonds. The predicted octanol–water partition coefficient (Wildman–Crippen LogP) is 1.99. The standard InChI is InChI=1S/C12H21NO3S/c1-17-9-7-11(14)13-8-3-2-4-10(13)5-6-12(15)16/h10H,2-9H2,1H3,(H,15,16)/t10-/m1/s1. The molecule has 0 bridgehead atoms. The van der Waals surface area contributed by atoms with Gasteiger partial charge in [-0.15, -0.1) is 0 Å². The number of hydrogen-bond donors (Lipinski definition) is 1. The van der Waals surface area contributed by atoms with Crippen molar-refractivity contribution in [2.24, 2.45) is 0 Å². The third-order valence-corrected chi connectivity index (χ3v) is 3.77. The summed E-state index contributed by atoms with van der Waals surface area (Å²) in [4.78, 5) is 24.5. The van der Waals surface area contributed by atoms with Crippen molar-refractivity contribution in [3.63, 3.8) is 0 Å². The first-order valence-electron chi connectivity index (χ1n) is 6.15. The molecule has 0 saturated carbocycles. The summed E-state index contributed by atoms with van der Waals surface area (Å²) in [6.07, 6.45) is 6.44. The van der Waals surface area contributed by atoms with E-state index in [4.69, 9.17) is 5.11 Å². The van der Waals surface area contributed by atoms with Gasteiger partial charge in [-0.3, -0.25) is 9.59 Å². The third-order valence-electron chi connectivity index (χ3n) is 3.16. The average Bonchev–Trinajstić information content (AvgIpc) is 2.33. The van der Waals surface area contributed by atoms with Gasteiger partial charge in [0.2, 0.25) is 5.91 Å². The molecule has 1 saturated heterocycles. The van der Waals surface area contributed by atoms with Gasteiger partial charge in [-0.1, -0.05) is 0 Å². The van der Waals surface area contributed by atoms with Gasteiger partial charge in [-0.25, -0.2) is 0 Å². The van der Waals surface area contributed by atoms with E-state index in [9.17, 15) is 9.59 Å². The fourth-order valence-corrected chi connectivity index (χ4v) is 2.63. The maximum absolute atomic E-state index is 12.0. The molecule has 1 aliphatic heterocycles. The van der Waals surface area contributed by atoms with Crippen molar-refractivity contribution >= 4 is 23.6 Å². The SMILES string of the molecule is CSCCC(=O)N1CCCC[C@@H]1CCC(=O)O. The van der Waals surface area contributed by atoms with Crippen LogP contribution in [0.15, 0.2) is 0 Å². The molecule has 1 N–H and O–H groups in total. The number of nitrogens with zero attached hydrogens (tertiary/aromatic N) is 1. The molecule has 1 heterocycles. The van der Waals surface area contributed by atoms with Crippen LogP contribution in [0.1, 0.15) is 38.5 Å². The molecular weight excluding hydrogens is 238 g/mol. The quantitative estimate of drug-likeness (QED) is 0.792. The van der Waals surface area contributed by atoms with E-state index in [0.717, 1.165) is 31.6 Å². The second-order valence-electron chi connectivity index (χ2n) is 4.41. The van der Waals surface area contributed by atoms with Gasteiger partial charge in [0, 0.05) is 31.2 Å². The summed E-state index contributed by atoms with van der Waals surface area (Å²) in [5.41, 5.74) is 0. The zero-order valence-electron chi connectivity index (χ0n) is 10.4. The lowest BCUT2D eigenvalue weighted by molar-refractivity contribution is -0.140. The molecule has 0 aromatic carbocycles. The van der Waals surface area contributed by atoms with E-state index in [1.807, 2.05) is 11.2 Å². The number of rotatable bonds is 6. The molecule has 1 rings (SSSR count). The Balaban J connectivity index is 2.46. The molecule has 0 spiro atoms. The van der Waals surface area contributed by atoms with Crippen LogP contribution in [-0.2, 0) is 9.59 Å². The van der Waals surface area contributed by atoms with Crippen LogP contribution in [0.25, 0.3) is 0 Å². The summed E-state index contributed by atoms with van der Waals surface area (Å²) < 4.78 is 0. The molecular formula is C12H21NO3S. The first kappa shape index (κ1) is 14.4. The van der Waals surface area contributed by atoms with Gasteiger partial charge in [-0.05, 0) is 31.9 Å². The minimum Gasteiger partial charge on any atom is -0.481 e. The number of carboxylic acids is 1. The summed E-state index contributed by atoms with van der Waals surface area (Å²) >= 11 is 1.67. The number of carbonyl (C=O) groups excluding carboxylic acids is 1. The minimum atomic E-state index is -0.771. The van der Waals surface area contributed by atoms with Crippen molar-refractivity contribution in [3.8, 4) is 0 Å². The predicted molar refractivity (Wildman–Crippen MR) is 69.2 cm³/mol. The topological polar surface area (TPSA) is 57.6 Å². The van der Waals surface area contributed by atoms with Crippen LogP contribution in [0.4, 0.5) is 0 Å². The lowest BCUT2D eigenvalue weighted by Gasteiger charge is -2.35. The number of hydrogen-bond acceptors (Lipinski definition) is 3. The van der Waals surface area contributed by atoms with Gasteiger partial charge in [0.15, 0.2) is 0 Å². The molecule has 1 atom stereocenters. The van der Waals surface area contributed by atoms with E-state index in [1.165, 1.54) is 0 Å². The Morgan fingerprint density at radius 3 is 2.76 bits per heavy atom. The minimum absolute atomic E-state index is 0.147. The Morgan fingerprint density at radius 2 is 2.12 bits per heavy atom. The molecule has 17 heavy (non-hydrogen) atoms. The molecule has 5 heteroatoms. The number of likely N-dealkylation sites (tertiary alicyclic amines) is 1. The average molecular weight is 259 g/mol. The van der Waals surface area contributed by atoms with Crippen molar-refractivity contribution < 1.29 is 14.7 Å². The highest BCUT2D eigenvalue weighted by molar-refractivity contribution is 7.98. The molecule has 0 aliphatic carbocycles. The summed E-state index contributed by atoms with van der Waals surface area (Å²) in [5.74, 6) is 0.266. The van der Waals surface area contributed by atoms with E-state index in [1.54, 1.807) is 11.8 Å². The van der Waals surface area contributed by atoms with Crippen LogP contribution in [-0.4, -0.2) is 46.5 Å². The number of carbonyl (C=O) groups is 2. The Labute approximate surface area is 107 Å². The third kappa shape index (κ3) is 4.98. The van der Waals surface area contributed by atoms with Gasteiger partial charge in [0.25, 0.3) is 0 Å². The second-order valence-corrected chi connectivity index (χ2v) is 5.40. The van der Waals surface area contributed by atoms with Gasteiger partial charge < -0.3 is 10.0 Å². The molecule has 0 aromatic heterocycles. The van der Waals surface area contributed by atoms with Gasteiger partial charge in [-0.2, -0.15) is 11.8 Å². The van der Waals surface area contributed by atoms with Crippen molar-refractivity contribution in [3.05, 3.63) is 0 Å². The molecule has 0 unspecified atom stereocenters. The van der Waals surface area contributed by atoms with Crippen LogP contribution in [0.3, 0.4) is 0 Å².